The Hall–Kier alpha value is -2.47. The molecule has 2 rings (SSSR count). The monoisotopic (exact) mass is 514 g/mol. The van der Waals surface area contributed by atoms with E-state index >= 15 is 0 Å². The Bertz CT molecular complexity index is 944. The van der Waals surface area contributed by atoms with Gasteiger partial charge in [0.1, 0.15) is 5.82 Å². The molecule has 0 saturated carbocycles. The number of amides is 2. The summed E-state index contributed by atoms with van der Waals surface area (Å²) in [6.45, 7) is 7.78. The number of benzene rings is 1. The number of hydrogen-bond acceptors (Lipinski definition) is 8. The molecule has 0 bridgehead atoms. The molecule has 0 radical (unpaired) electrons. The van der Waals surface area contributed by atoms with E-state index in [2.05, 4.69) is 36.9 Å². The summed E-state index contributed by atoms with van der Waals surface area (Å²) in [7, 11) is 1.53. The van der Waals surface area contributed by atoms with E-state index in [1.807, 2.05) is 32.9 Å². The maximum atomic E-state index is 12.1. The van der Waals surface area contributed by atoms with Gasteiger partial charge in [-0.3, -0.25) is 9.59 Å². The zero-order valence-electron chi connectivity index (χ0n) is 18.1. The van der Waals surface area contributed by atoms with Crippen molar-refractivity contribution in [3.63, 3.8) is 0 Å². The van der Waals surface area contributed by atoms with Gasteiger partial charge in [-0.2, -0.15) is 0 Å². The van der Waals surface area contributed by atoms with Crippen molar-refractivity contribution < 1.29 is 19.1 Å². The largest absolute Gasteiger partial charge is 0.493 e. The standard InChI is InChI=1S/C19H27BrN6O4S/c1-11-24-25-18(31-10-15(21)27)26(11)22-8-12-6-13(20)17(14(7-12)29-5)30-9-16(28)23-19(2,3)4/h6-7,22H,8-10H2,1-5H3,(H2,21,27)(H,23,28). The van der Waals surface area contributed by atoms with Gasteiger partial charge in [0.15, 0.2) is 18.1 Å². The van der Waals surface area contributed by atoms with Crippen LogP contribution < -0.4 is 25.9 Å². The number of halogens is 1. The molecule has 0 aliphatic heterocycles. The topological polar surface area (TPSA) is 133 Å². The summed E-state index contributed by atoms with van der Waals surface area (Å²) in [5.74, 6) is 1.01. The quantitative estimate of drug-likeness (QED) is 0.409. The van der Waals surface area contributed by atoms with Crippen LogP contribution in [-0.2, 0) is 16.1 Å². The zero-order valence-corrected chi connectivity index (χ0v) is 20.5. The van der Waals surface area contributed by atoms with Crippen molar-refractivity contribution >= 4 is 39.5 Å². The second-order valence-corrected chi connectivity index (χ2v) is 9.45. The summed E-state index contributed by atoms with van der Waals surface area (Å²) in [5.41, 5.74) is 8.96. The molecule has 0 atom stereocenters. The van der Waals surface area contributed by atoms with Gasteiger partial charge in [0.05, 0.1) is 23.9 Å². The molecule has 2 aromatic rings. The van der Waals surface area contributed by atoms with Crippen molar-refractivity contribution in [2.45, 2.75) is 44.9 Å². The fraction of sp³-hybridized carbons (Fsp3) is 0.474. The van der Waals surface area contributed by atoms with Crippen LogP contribution >= 0.6 is 27.7 Å². The normalized spacial score (nSPS) is 11.2. The predicted octanol–water partition coefficient (Wildman–Crippen LogP) is 1.97. The molecule has 2 amide bonds. The molecule has 12 heteroatoms. The fourth-order valence-electron chi connectivity index (χ4n) is 2.53. The number of thioether (sulfide) groups is 1. The molecule has 0 spiro atoms. The van der Waals surface area contributed by atoms with Crippen molar-refractivity contribution in [2.24, 2.45) is 5.73 Å². The minimum atomic E-state index is -0.433. The smallest absolute Gasteiger partial charge is 0.258 e. The Morgan fingerprint density at radius 2 is 2.00 bits per heavy atom. The van der Waals surface area contributed by atoms with Gasteiger partial charge in [0.2, 0.25) is 11.1 Å². The molecule has 0 unspecified atom stereocenters. The number of aryl methyl sites for hydroxylation is 1. The summed E-state index contributed by atoms with van der Waals surface area (Å²) in [6, 6.07) is 3.67. The molecule has 170 valence electrons. The van der Waals surface area contributed by atoms with E-state index in [1.165, 1.54) is 18.9 Å². The first-order chi connectivity index (χ1) is 14.5. The number of carbonyl (C=O) groups is 2. The fourth-order valence-corrected chi connectivity index (χ4v) is 3.83. The van der Waals surface area contributed by atoms with Gasteiger partial charge in [0, 0.05) is 5.54 Å². The number of primary amides is 1. The van der Waals surface area contributed by atoms with Gasteiger partial charge in [-0.1, -0.05) is 11.8 Å². The number of nitrogens with two attached hydrogens (primary N) is 1. The highest BCUT2D eigenvalue weighted by molar-refractivity contribution is 9.10. The lowest BCUT2D eigenvalue weighted by atomic mass is 10.1. The molecule has 0 aliphatic carbocycles. The number of nitrogens with zero attached hydrogens (tertiary/aromatic N) is 3. The van der Waals surface area contributed by atoms with Crippen LogP contribution in [0.25, 0.3) is 0 Å². The molecule has 4 N–H and O–H groups in total. The average molecular weight is 515 g/mol. The number of rotatable bonds is 10. The summed E-state index contributed by atoms with van der Waals surface area (Å²) in [4.78, 5) is 23.1. The highest BCUT2D eigenvalue weighted by Crippen LogP contribution is 2.36. The van der Waals surface area contributed by atoms with Crippen LogP contribution in [0.1, 0.15) is 32.2 Å². The van der Waals surface area contributed by atoms with E-state index in [-0.39, 0.29) is 23.8 Å². The molecule has 0 saturated heterocycles. The maximum absolute atomic E-state index is 12.1. The molecule has 1 aromatic carbocycles. The number of carbonyl (C=O) groups excluding carboxylic acids is 2. The lowest BCUT2D eigenvalue weighted by Crippen LogP contribution is -2.43. The van der Waals surface area contributed by atoms with Crippen LogP contribution in [0.15, 0.2) is 21.8 Å². The van der Waals surface area contributed by atoms with Gasteiger partial charge in [-0.15, -0.1) is 10.2 Å². The van der Waals surface area contributed by atoms with Gasteiger partial charge in [-0.05, 0) is 61.3 Å². The summed E-state index contributed by atoms with van der Waals surface area (Å²) < 4.78 is 13.5. The first-order valence-corrected chi connectivity index (χ1v) is 11.1. The second-order valence-electron chi connectivity index (χ2n) is 7.65. The van der Waals surface area contributed by atoms with Gasteiger partial charge in [-0.25, -0.2) is 4.68 Å². The third-order valence-corrected chi connectivity index (χ3v) is 5.27. The molecule has 1 aromatic heterocycles. The average Bonchev–Trinajstić information content (AvgIpc) is 3.01. The predicted molar refractivity (Wildman–Crippen MR) is 122 cm³/mol. The number of ether oxygens (including phenoxy) is 2. The van der Waals surface area contributed by atoms with E-state index in [0.717, 1.165) is 5.56 Å². The lowest BCUT2D eigenvalue weighted by molar-refractivity contribution is -0.124. The zero-order chi connectivity index (χ0) is 23.2. The molecular weight excluding hydrogens is 488 g/mol. The molecule has 1 heterocycles. The summed E-state index contributed by atoms with van der Waals surface area (Å²) >= 11 is 4.69. The Morgan fingerprint density at radius 3 is 2.61 bits per heavy atom. The molecular formula is C19H27BrN6O4S. The third kappa shape index (κ3) is 7.62. The van der Waals surface area contributed by atoms with Gasteiger partial charge >= 0.3 is 0 Å². The Kier molecular flexibility index (Phi) is 8.57. The first kappa shape index (κ1) is 24.8. The SMILES string of the molecule is COc1cc(CNn2c(C)nnc2SCC(N)=O)cc(Br)c1OCC(=O)NC(C)(C)C. The third-order valence-electron chi connectivity index (χ3n) is 3.73. The van der Waals surface area contributed by atoms with Crippen molar-refractivity contribution in [1.82, 2.24) is 20.2 Å². The van der Waals surface area contributed by atoms with E-state index in [0.29, 0.717) is 33.5 Å². The second kappa shape index (κ2) is 10.7. The molecule has 0 aliphatic rings. The van der Waals surface area contributed by atoms with Crippen LogP contribution in [0.4, 0.5) is 0 Å². The van der Waals surface area contributed by atoms with Crippen molar-refractivity contribution in [3.8, 4) is 11.5 Å². The van der Waals surface area contributed by atoms with E-state index in [4.69, 9.17) is 15.2 Å². The van der Waals surface area contributed by atoms with Crippen LogP contribution in [0, 0.1) is 6.92 Å². The Labute approximate surface area is 193 Å². The van der Waals surface area contributed by atoms with Gasteiger partial charge < -0.3 is 25.9 Å². The van der Waals surface area contributed by atoms with E-state index < -0.39 is 5.91 Å². The Morgan fingerprint density at radius 1 is 1.29 bits per heavy atom. The van der Waals surface area contributed by atoms with E-state index in [9.17, 15) is 9.59 Å². The molecule has 31 heavy (non-hydrogen) atoms. The molecule has 0 fully saturated rings. The van der Waals surface area contributed by atoms with E-state index in [1.54, 1.807) is 11.6 Å². The first-order valence-electron chi connectivity index (χ1n) is 9.37. The summed E-state index contributed by atoms with van der Waals surface area (Å²) in [5, 5.41) is 11.4. The lowest BCUT2D eigenvalue weighted by Gasteiger charge is -2.21. The van der Waals surface area contributed by atoms with Crippen molar-refractivity contribution in [2.75, 3.05) is 24.9 Å². The van der Waals surface area contributed by atoms with Crippen LogP contribution in [0.3, 0.4) is 0 Å². The minimum Gasteiger partial charge on any atom is -0.493 e. The number of nitrogens with one attached hydrogen (secondary N) is 2. The number of hydrogen-bond donors (Lipinski definition) is 3. The van der Waals surface area contributed by atoms with Crippen molar-refractivity contribution in [3.05, 3.63) is 28.0 Å². The van der Waals surface area contributed by atoms with Crippen LogP contribution in [0.2, 0.25) is 0 Å². The maximum Gasteiger partial charge on any atom is 0.258 e. The highest BCUT2D eigenvalue weighted by atomic mass is 79.9. The highest BCUT2D eigenvalue weighted by Gasteiger charge is 2.17. The Balaban J connectivity index is 2.09. The van der Waals surface area contributed by atoms with Crippen LogP contribution in [0.5, 0.6) is 11.5 Å². The number of methoxy groups -OCH3 is 1. The van der Waals surface area contributed by atoms with Crippen molar-refractivity contribution in [1.29, 1.82) is 0 Å². The number of aromatic nitrogens is 3. The molecule has 10 nitrogen and oxygen atoms in total. The summed E-state index contributed by atoms with van der Waals surface area (Å²) in [6.07, 6.45) is 0. The van der Waals surface area contributed by atoms with Gasteiger partial charge in [0.25, 0.3) is 5.91 Å². The van der Waals surface area contributed by atoms with Crippen LogP contribution in [-0.4, -0.2) is 51.7 Å². The minimum absolute atomic E-state index is 0.105.